The Bertz CT molecular complexity index is 1800. The molecule has 2 rings (SSSR count). The van der Waals surface area contributed by atoms with E-state index in [1.807, 2.05) is 0 Å². The van der Waals surface area contributed by atoms with Crippen LogP contribution in [0.1, 0.15) is 76.1 Å². The maximum absolute atomic E-state index is 13.8. The fourth-order valence-corrected chi connectivity index (χ4v) is 6.31. The number of hydrogen-bond acceptors (Lipinski definition) is 10. The van der Waals surface area contributed by atoms with E-state index in [0.29, 0.717) is 5.56 Å². The van der Waals surface area contributed by atoms with Gasteiger partial charge in [0.15, 0.2) is 0 Å². The first kappa shape index (κ1) is 48.1. The zero-order chi connectivity index (χ0) is 44.0. The molecule has 0 spiro atoms. The Labute approximate surface area is 338 Å². The molecule has 18 heteroatoms. The Morgan fingerprint density at radius 2 is 1.16 bits per heavy atom. The summed E-state index contributed by atoms with van der Waals surface area (Å²) in [4.78, 5) is 103. The molecule has 7 amide bonds. The highest BCUT2D eigenvalue weighted by molar-refractivity contribution is 5.98. The van der Waals surface area contributed by atoms with Crippen molar-refractivity contribution in [3.63, 3.8) is 0 Å². The minimum Gasteiger partial charge on any atom is -0.508 e. The Morgan fingerprint density at radius 3 is 1.67 bits per heavy atom. The third kappa shape index (κ3) is 14.5. The number of carbonyl (C=O) groups is 8. The SMILES string of the molecule is Cc1cc(O)cc(C)c1[C@@H](C)[C@H](N)C(=O)N[C@@H](C)C(=O)N[C@@H](Cc1ccccc1)C(=O)N[C@@H](CC(=O)O)C(=O)N[C@H](C(=O)N[C@H](C(=O)NCC(N)=O)C(C)C)C(C)C. The van der Waals surface area contributed by atoms with E-state index in [4.69, 9.17) is 11.5 Å². The molecule has 318 valence electrons. The van der Waals surface area contributed by atoms with Gasteiger partial charge in [-0.1, -0.05) is 65.0 Å². The number of carboxylic acids is 1. The maximum Gasteiger partial charge on any atom is 0.305 e. The third-order valence-corrected chi connectivity index (χ3v) is 9.49. The number of benzene rings is 2. The van der Waals surface area contributed by atoms with Crippen molar-refractivity contribution in [2.24, 2.45) is 23.3 Å². The number of aryl methyl sites for hydroxylation is 2. The highest BCUT2D eigenvalue weighted by atomic mass is 16.4. The molecule has 0 radical (unpaired) electrons. The molecule has 7 atom stereocenters. The van der Waals surface area contributed by atoms with Gasteiger partial charge in [-0.15, -0.1) is 0 Å². The summed E-state index contributed by atoms with van der Waals surface area (Å²) in [6.07, 6.45) is -0.995. The molecule has 0 unspecified atom stereocenters. The number of amides is 7. The molecular weight excluding hydrogens is 752 g/mol. The van der Waals surface area contributed by atoms with E-state index >= 15 is 0 Å². The number of rotatable bonds is 21. The average molecular weight is 811 g/mol. The number of nitrogens with two attached hydrogens (primary N) is 2. The number of phenols is 1. The van der Waals surface area contributed by atoms with E-state index in [2.05, 4.69) is 31.9 Å². The van der Waals surface area contributed by atoms with Crippen molar-refractivity contribution < 1.29 is 48.6 Å². The maximum atomic E-state index is 13.8. The molecule has 18 nitrogen and oxygen atoms in total. The van der Waals surface area contributed by atoms with Gasteiger partial charge in [-0.25, -0.2) is 0 Å². The monoisotopic (exact) mass is 810 g/mol. The van der Waals surface area contributed by atoms with Crippen LogP contribution in [-0.4, -0.2) is 100 Å². The number of hydrogen-bond donors (Lipinski definition) is 10. The largest absolute Gasteiger partial charge is 0.508 e. The van der Waals surface area contributed by atoms with Crippen LogP contribution in [-0.2, 0) is 44.8 Å². The zero-order valence-electron chi connectivity index (χ0n) is 34.2. The summed E-state index contributed by atoms with van der Waals surface area (Å²) < 4.78 is 0. The highest BCUT2D eigenvalue weighted by Crippen LogP contribution is 2.29. The molecule has 0 aliphatic carbocycles. The number of phenolic OH excluding ortho intramolecular Hbond substituents is 1. The van der Waals surface area contributed by atoms with Gasteiger partial charge in [0, 0.05) is 12.3 Å². The molecule has 0 aliphatic rings. The second-order valence-electron chi connectivity index (χ2n) is 15.1. The van der Waals surface area contributed by atoms with Crippen LogP contribution >= 0.6 is 0 Å². The Balaban J connectivity index is 2.28. The van der Waals surface area contributed by atoms with Crippen molar-refractivity contribution in [2.75, 3.05) is 6.54 Å². The van der Waals surface area contributed by atoms with Gasteiger partial charge >= 0.3 is 5.97 Å². The van der Waals surface area contributed by atoms with Gasteiger partial charge in [0.2, 0.25) is 41.4 Å². The van der Waals surface area contributed by atoms with Crippen molar-refractivity contribution in [1.29, 1.82) is 0 Å². The number of nitrogens with one attached hydrogen (secondary N) is 6. The number of aromatic hydroxyl groups is 1. The molecule has 2 aromatic carbocycles. The van der Waals surface area contributed by atoms with Gasteiger partial charge in [-0.3, -0.25) is 38.4 Å². The average Bonchev–Trinajstić information content (AvgIpc) is 3.13. The van der Waals surface area contributed by atoms with Crippen molar-refractivity contribution in [2.45, 2.75) is 110 Å². The van der Waals surface area contributed by atoms with E-state index < -0.39 is 114 Å². The van der Waals surface area contributed by atoms with Crippen LogP contribution in [0.2, 0.25) is 0 Å². The van der Waals surface area contributed by atoms with Crippen LogP contribution in [0, 0.1) is 25.7 Å². The van der Waals surface area contributed by atoms with E-state index in [1.165, 1.54) is 6.92 Å². The molecule has 0 saturated heterocycles. The summed E-state index contributed by atoms with van der Waals surface area (Å²) in [7, 11) is 0. The third-order valence-electron chi connectivity index (χ3n) is 9.49. The smallest absolute Gasteiger partial charge is 0.305 e. The van der Waals surface area contributed by atoms with Gasteiger partial charge in [0.05, 0.1) is 19.0 Å². The molecule has 0 fully saturated rings. The van der Waals surface area contributed by atoms with Crippen molar-refractivity contribution in [3.05, 3.63) is 64.7 Å². The van der Waals surface area contributed by atoms with E-state index in [-0.39, 0.29) is 12.2 Å². The number of carboxylic acid groups (broad SMARTS) is 1. The fourth-order valence-electron chi connectivity index (χ4n) is 6.31. The Hall–Kier alpha value is -6.04. The Morgan fingerprint density at radius 1 is 0.655 bits per heavy atom. The van der Waals surface area contributed by atoms with Crippen LogP contribution in [0.5, 0.6) is 5.75 Å². The first-order valence-corrected chi connectivity index (χ1v) is 18.9. The molecular formula is C40H58N8O10. The topological polar surface area (TPSA) is 301 Å². The summed E-state index contributed by atoms with van der Waals surface area (Å²) in [6.45, 7) is 12.7. The van der Waals surface area contributed by atoms with Gasteiger partial charge in [0.1, 0.15) is 36.0 Å². The number of aliphatic carboxylic acids is 1. The lowest BCUT2D eigenvalue weighted by atomic mass is 9.86. The van der Waals surface area contributed by atoms with Crippen LogP contribution < -0.4 is 43.4 Å². The van der Waals surface area contributed by atoms with Crippen molar-refractivity contribution in [3.8, 4) is 5.75 Å². The normalized spacial score (nSPS) is 14.7. The fraction of sp³-hybridized carbons (Fsp3) is 0.500. The number of carbonyl (C=O) groups excluding carboxylic acids is 7. The lowest BCUT2D eigenvalue weighted by Gasteiger charge is -2.29. The Kier molecular flexibility index (Phi) is 18.3. The minimum absolute atomic E-state index is 0.0726. The molecule has 12 N–H and O–H groups in total. The van der Waals surface area contributed by atoms with E-state index in [9.17, 15) is 48.6 Å². The first-order chi connectivity index (χ1) is 27.0. The quantitative estimate of drug-likeness (QED) is 0.0768. The van der Waals surface area contributed by atoms with Crippen LogP contribution in [0.3, 0.4) is 0 Å². The van der Waals surface area contributed by atoms with Gasteiger partial charge in [-0.2, -0.15) is 0 Å². The van der Waals surface area contributed by atoms with Crippen molar-refractivity contribution >= 4 is 47.3 Å². The van der Waals surface area contributed by atoms with Gasteiger partial charge in [0.25, 0.3) is 0 Å². The van der Waals surface area contributed by atoms with Crippen LogP contribution in [0.4, 0.5) is 0 Å². The van der Waals surface area contributed by atoms with E-state index in [0.717, 1.165) is 16.7 Å². The predicted molar refractivity (Wildman–Crippen MR) is 214 cm³/mol. The molecule has 0 bridgehead atoms. The van der Waals surface area contributed by atoms with E-state index in [1.54, 1.807) is 90.9 Å². The van der Waals surface area contributed by atoms with Gasteiger partial charge < -0.3 is 53.6 Å². The molecule has 0 heterocycles. The second-order valence-corrected chi connectivity index (χ2v) is 15.1. The van der Waals surface area contributed by atoms with Crippen LogP contribution in [0.15, 0.2) is 42.5 Å². The summed E-state index contributed by atoms with van der Waals surface area (Å²) in [5.41, 5.74) is 14.3. The molecule has 0 saturated carbocycles. The minimum atomic E-state index is -1.72. The zero-order valence-corrected chi connectivity index (χ0v) is 34.2. The lowest BCUT2D eigenvalue weighted by Crippen LogP contribution is -2.61. The summed E-state index contributed by atoms with van der Waals surface area (Å²) in [5, 5.41) is 34.5. The van der Waals surface area contributed by atoms with Crippen LogP contribution in [0.25, 0.3) is 0 Å². The molecule has 0 aromatic heterocycles. The lowest BCUT2D eigenvalue weighted by molar-refractivity contribution is -0.141. The van der Waals surface area contributed by atoms with Crippen molar-refractivity contribution in [1.82, 2.24) is 31.9 Å². The standard InChI is InChI=1S/C40H58N8O10/c1-19(2)33(39(57)43-18-29(41)50)48-40(58)34(20(3)4)47-37(55)28(17-30(51)52)46-36(54)27(16-25-12-10-9-11-13-25)45-35(53)24(8)44-38(56)32(42)23(7)31-21(5)14-26(49)15-22(31)6/h9-15,19-20,23-24,27-28,32-34,49H,16-18,42H2,1-8H3,(H2,41,50)(H,43,57)(H,44,56)(H,45,53)(H,46,54)(H,47,55)(H,48,58)(H,51,52)/t23-,24+,27+,28+,32+,33+,34+/m1/s1. The summed E-state index contributed by atoms with van der Waals surface area (Å²) >= 11 is 0. The molecule has 0 aliphatic heterocycles. The first-order valence-electron chi connectivity index (χ1n) is 18.9. The second kappa shape index (κ2) is 22.0. The molecule has 58 heavy (non-hydrogen) atoms. The number of primary amides is 1. The molecule has 2 aromatic rings. The van der Waals surface area contributed by atoms with Gasteiger partial charge in [-0.05, 0) is 67.0 Å². The summed E-state index contributed by atoms with van der Waals surface area (Å²) in [6, 6.07) is 3.84. The summed E-state index contributed by atoms with van der Waals surface area (Å²) in [5.74, 6) is -8.60. The highest BCUT2D eigenvalue weighted by Gasteiger charge is 2.35. The predicted octanol–water partition coefficient (Wildman–Crippen LogP) is -0.485.